The van der Waals surface area contributed by atoms with Crippen LogP contribution in [0, 0.1) is 0 Å². The maximum atomic E-state index is 11.5. The van der Waals surface area contributed by atoms with E-state index in [0.717, 1.165) is 29.6 Å². The maximum absolute atomic E-state index is 11.5. The molecule has 2 heterocycles. The van der Waals surface area contributed by atoms with Gasteiger partial charge in [0.1, 0.15) is 11.6 Å². The number of para-hydroxylation sites is 1. The third-order valence-corrected chi connectivity index (χ3v) is 3.62. The zero-order valence-corrected chi connectivity index (χ0v) is 10.6. The Hall–Kier alpha value is -1.85. The van der Waals surface area contributed by atoms with Gasteiger partial charge in [0.05, 0.1) is 6.26 Å². The molecule has 0 spiro atoms. The molecule has 1 aromatic carbocycles. The van der Waals surface area contributed by atoms with Crippen molar-refractivity contribution in [2.45, 2.75) is 12.6 Å². The molecule has 5 nitrogen and oxygen atoms in total. The molecule has 1 aliphatic rings. The van der Waals surface area contributed by atoms with Crippen LogP contribution in [0.3, 0.4) is 0 Å². The van der Waals surface area contributed by atoms with E-state index in [1.165, 1.54) is 0 Å². The quantitative estimate of drug-likeness (QED) is 0.851. The van der Waals surface area contributed by atoms with Gasteiger partial charge in [-0.25, -0.2) is 0 Å². The van der Waals surface area contributed by atoms with Crippen LogP contribution in [-0.4, -0.2) is 36.5 Å². The molecule has 5 heteroatoms. The molecule has 1 unspecified atom stereocenters. The van der Waals surface area contributed by atoms with E-state index in [0.29, 0.717) is 13.1 Å². The van der Waals surface area contributed by atoms with Crippen molar-refractivity contribution in [1.82, 2.24) is 10.2 Å². The summed E-state index contributed by atoms with van der Waals surface area (Å²) in [5.41, 5.74) is 7.43. The third kappa shape index (κ3) is 2.34. The number of nitrogens with one attached hydrogen (secondary N) is 1. The van der Waals surface area contributed by atoms with E-state index in [1.807, 2.05) is 24.3 Å². The molecule has 3 rings (SSSR count). The van der Waals surface area contributed by atoms with E-state index in [2.05, 4.69) is 10.2 Å². The van der Waals surface area contributed by atoms with E-state index >= 15 is 0 Å². The van der Waals surface area contributed by atoms with E-state index < -0.39 is 0 Å². The average molecular weight is 259 g/mol. The fraction of sp³-hybridized carbons (Fsp3) is 0.357. The predicted octanol–water partition coefficient (Wildman–Crippen LogP) is 0.692. The Kier molecular flexibility index (Phi) is 3.23. The van der Waals surface area contributed by atoms with Crippen LogP contribution < -0.4 is 11.1 Å². The van der Waals surface area contributed by atoms with Crippen LogP contribution in [0.4, 0.5) is 0 Å². The number of hydrogen-bond donors (Lipinski definition) is 2. The molecule has 1 amide bonds. The smallest absolute Gasteiger partial charge is 0.236 e. The first-order valence-corrected chi connectivity index (χ1v) is 6.45. The molecule has 0 bridgehead atoms. The van der Waals surface area contributed by atoms with Crippen LogP contribution in [0.25, 0.3) is 11.0 Å². The first kappa shape index (κ1) is 12.2. The normalized spacial score (nSPS) is 20.7. The molecule has 1 fully saturated rings. The molecule has 2 aromatic rings. The van der Waals surface area contributed by atoms with Crippen molar-refractivity contribution in [2.24, 2.45) is 5.73 Å². The first-order valence-electron chi connectivity index (χ1n) is 6.45. The number of amides is 1. The number of nitrogens with two attached hydrogens (primary N) is 1. The van der Waals surface area contributed by atoms with Gasteiger partial charge in [-0.2, -0.15) is 0 Å². The number of carbonyl (C=O) groups is 1. The molecule has 19 heavy (non-hydrogen) atoms. The zero-order chi connectivity index (χ0) is 13.2. The number of primary amides is 1. The summed E-state index contributed by atoms with van der Waals surface area (Å²) in [5.74, 6) is -0.278. The second-order valence-corrected chi connectivity index (χ2v) is 4.85. The van der Waals surface area contributed by atoms with Gasteiger partial charge in [-0.05, 0) is 6.07 Å². The van der Waals surface area contributed by atoms with Crippen LogP contribution in [0.5, 0.6) is 0 Å². The van der Waals surface area contributed by atoms with Crippen molar-refractivity contribution in [3.63, 3.8) is 0 Å². The first-order chi connectivity index (χ1) is 9.25. The number of nitrogens with zero attached hydrogens (tertiary/aromatic N) is 1. The van der Waals surface area contributed by atoms with Crippen molar-refractivity contribution in [1.29, 1.82) is 0 Å². The number of hydrogen-bond acceptors (Lipinski definition) is 4. The number of benzene rings is 1. The van der Waals surface area contributed by atoms with Crippen molar-refractivity contribution in [3.05, 3.63) is 36.1 Å². The monoisotopic (exact) mass is 259 g/mol. The summed E-state index contributed by atoms with van der Waals surface area (Å²) < 4.78 is 5.53. The number of furan rings is 1. The number of piperazine rings is 1. The third-order valence-electron chi connectivity index (χ3n) is 3.62. The largest absolute Gasteiger partial charge is 0.464 e. The Morgan fingerprint density at radius 2 is 2.32 bits per heavy atom. The lowest BCUT2D eigenvalue weighted by Gasteiger charge is -2.33. The fourth-order valence-corrected chi connectivity index (χ4v) is 2.59. The van der Waals surface area contributed by atoms with Crippen LogP contribution >= 0.6 is 0 Å². The SMILES string of the molecule is NC(=O)C1CNCCN1Cc1coc2ccccc12. The lowest BCUT2D eigenvalue weighted by Crippen LogP contribution is -2.56. The Morgan fingerprint density at radius 3 is 3.16 bits per heavy atom. The summed E-state index contributed by atoms with van der Waals surface area (Å²) in [4.78, 5) is 13.6. The molecule has 3 N–H and O–H groups in total. The van der Waals surface area contributed by atoms with E-state index in [4.69, 9.17) is 10.2 Å². The van der Waals surface area contributed by atoms with Gasteiger partial charge in [0.2, 0.25) is 5.91 Å². The average Bonchev–Trinajstić information content (AvgIpc) is 2.83. The van der Waals surface area contributed by atoms with Gasteiger partial charge < -0.3 is 15.5 Å². The molecule has 0 radical (unpaired) electrons. The highest BCUT2D eigenvalue weighted by Crippen LogP contribution is 2.23. The molecule has 1 saturated heterocycles. The molecule has 100 valence electrons. The highest BCUT2D eigenvalue weighted by atomic mass is 16.3. The van der Waals surface area contributed by atoms with Crippen molar-refractivity contribution in [2.75, 3.05) is 19.6 Å². The minimum absolute atomic E-state index is 0.248. The maximum Gasteiger partial charge on any atom is 0.236 e. The van der Waals surface area contributed by atoms with E-state index in [-0.39, 0.29) is 11.9 Å². The van der Waals surface area contributed by atoms with Gasteiger partial charge in [-0.1, -0.05) is 18.2 Å². The summed E-state index contributed by atoms with van der Waals surface area (Å²) >= 11 is 0. The minimum atomic E-state index is -0.278. The molecule has 0 saturated carbocycles. The Balaban J connectivity index is 1.85. The van der Waals surface area contributed by atoms with Crippen LogP contribution in [0.1, 0.15) is 5.56 Å². The number of carbonyl (C=O) groups excluding carboxylic acids is 1. The molecule has 1 atom stereocenters. The van der Waals surface area contributed by atoms with Gasteiger partial charge >= 0.3 is 0 Å². The Labute approximate surface area is 111 Å². The number of fused-ring (bicyclic) bond motifs is 1. The Bertz CT molecular complexity index is 593. The summed E-state index contributed by atoms with van der Waals surface area (Å²) in [6.07, 6.45) is 1.77. The van der Waals surface area contributed by atoms with Crippen molar-refractivity contribution < 1.29 is 9.21 Å². The molecule has 0 aliphatic carbocycles. The topological polar surface area (TPSA) is 71.5 Å². The van der Waals surface area contributed by atoms with Gasteiger partial charge in [-0.15, -0.1) is 0 Å². The van der Waals surface area contributed by atoms with Crippen molar-refractivity contribution >= 4 is 16.9 Å². The van der Waals surface area contributed by atoms with Gasteiger partial charge in [-0.3, -0.25) is 9.69 Å². The van der Waals surface area contributed by atoms with Crippen molar-refractivity contribution in [3.8, 4) is 0 Å². The van der Waals surface area contributed by atoms with Crippen LogP contribution in [0.15, 0.2) is 34.9 Å². The standard InChI is InChI=1S/C14H17N3O2/c15-14(18)12-7-16-5-6-17(12)8-10-9-19-13-4-2-1-3-11(10)13/h1-4,9,12,16H,5-8H2,(H2,15,18). The van der Waals surface area contributed by atoms with Gasteiger partial charge in [0, 0.05) is 37.1 Å². The molecule has 1 aromatic heterocycles. The molecule has 1 aliphatic heterocycles. The lowest BCUT2D eigenvalue weighted by molar-refractivity contribution is -0.124. The summed E-state index contributed by atoms with van der Waals surface area (Å²) in [5, 5.41) is 4.30. The highest BCUT2D eigenvalue weighted by Gasteiger charge is 2.27. The van der Waals surface area contributed by atoms with Gasteiger partial charge in [0.15, 0.2) is 0 Å². The predicted molar refractivity (Wildman–Crippen MR) is 72.5 cm³/mol. The zero-order valence-electron chi connectivity index (χ0n) is 10.6. The van der Waals surface area contributed by atoms with E-state index in [9.17, 15) is 4.79 Å². The summed E-state index contributed by atoms with van der Waals surface area (Å²) in [6.45, 7) is 2.99. The second kappa shape index (κ2) is 5.03. The molecular weight excluding hydrogens is 242 g/mol. The fourth-order valence-electron chi connectivity index (χ4n) is 2.59. The van der Waals surface area contributed by atoms with Crippen LogP contribution in [-0.2, 0) is 11.3 Å². The minimum Gasteiger partial charge on any atom is -0.464 e. The van der Waals surface area contributed by atoms with E-state index in [1.54, 1.807) is 6.26 Å². The van der Waals surface area contributed by atoms with Gasteiger partial charge in [0.25, 0.3) is 0 Å². The lowest BCUT2D eigenvalue weighted by atomic mass is 10.1. The second-order valence-electron chi connectivity index (χ2n) is 4.85. The highest BCUT2D eigenvalue weighted by molar-refractivity contribution is 5.82. The summed E-state index contributed by atoms with van der Waals surface area (Å²) in [7, 11) is 0. The summed E-state index contributed by atoms with van der Waals surface area (Å²) in [6, 6.07) is 7.68. The Morgan fingerprint density at radius 1 is 1.47 bits per heavy atom. The van der Waals surface area contributed by atoms with Crippen LogP contribution in [0.2, 0.25) is 0 Å². The molecular formula is C14H17N3O2. The number of rotatable bonds is 3.